The van der Waals surface area contributed by atoms with Gasteiger partial charge in [0.25, 0.3) is 0 Å². The van der Waals surface area contributed by atoms with E-state index in [1.54, 1.807) is 6.07 Å². The van der Waals surface area contributed by atoms with Gasteiger partial charge in [-0.2, -0.15) is 0 Å². The van der Waals surface area contributed by atoms with Crippen LogP contribution in [0.4, 0.5) is 0 Å². The number of nitrogens with zero attached hydrogens (tertiary/aromatic N) is 1. The molecule has 0 spiro atoms. The first kappa shape index (κ1) is 18.7. The van der Waals surface area contributed by atoms with Gasteiger partial charge in [-0.1, -0.05) is 30.3 Å². The maximum atomic E-state index is 12.1. The number of hydrogen-bond acceptors (Lipinski definition) is 4. The molecule has 0 aliphatic heterocycles. The zero-order valence-corrected chi connectivity index (χ0v) is 14.7. The van der Waals surface area contributed by atoms with Gasteiger partial charge in [-0.15, -0.1) is 11.3 Å². The van der Waals surface area contributed by atoms with Crippen molar-refractivity contribution in [2.45, 2.75) is 19.9 Å². The molecule has 0 bridgehead atoms. The minimum Gasteiger partial charge on any atom is -0.477 e. The second-order valence-electron chi connectivity index (χ2n) is 5.52. The summed E-state index contributed by atoms with van der Waals surface area (Å²) in [7, 11) is 0. The van der Waals surface area contributed by atoms with Gasteiger partial charge < -0.3 is 15.3 Å². The van der Waals surface area contributed by atoms with Gasteiger partial charge in [-0.25, -0.2) is 4.79 Å². The average Bonchev–Trinajstić information content (AvgIpc) is 3.07. The van der Waals surface area contributed by atoms with E-state index < -0.39 is 5.97 Å². The van der Waals surface area contributed by atoms with Gasteiger partial charge in [0.15, 0.2) is 0 Å². The number of thiophene rings is 1. The van der Waals surface area contributed by atoms with Crippen molar-refractivity contribution in [1.82, 2.24) is 10.2 Å². The molecule has 1 aromatic carbocycles. The van der Waals surface area contributed by atoms with E-state index >= 15 is 0 Å². The molecule has 0 radical (unpaired) electrons. The number of aromatic carboxylic acids is 1. The first-order chi connectivity index (χ1) is 12.0. The van der Waals surface area contributed by atoms with Gasteiger partial charge in [0.05, 0.1) is 13.1 Å². The Morgan fingerprint density at radius 2 is 1.84 bits per heavy atom. The number of amides is 2. The van der Waals surface area contributed by atoms with Gasteiger partial charge in [0.2, 0.25) is 11.8 Å². The summed E-state index contributed by atoms with van der Waals surface area (Å²) in [5.74, 6) is -1.41. The molecule has 0 saturated carbocycles. The molecule has 0 unspecified atom stereocenters. The molecular weight excluding hydrogens is 340 g/mol. The van der Waals surface area contributed by atoms with Crippen molar-refractivity contribution in [3.8, 4) is 0 Å². The maximum Gasteiger partial charge on any atom is 0.345 e. The fraction of sp³-hybridized carbons (Fsp3) is 0.278. The highest BCUT2D eigenvalue weighted by molar-refractivity contribution is 7.13. The van der Waals surface area contributed by atoms with Gasteiger partial charge in [-0.3, -0.25) is 9.59 Å². The van der Waals surface area contributed by atoms with Crippen LogP contribution in [0.25, 0.3) is 0 Å². The minimum atomic E-state index is -0.980. The number of carbonyl (C=O) groups excluding carboxylic acids is 2. The predicted octanol–water partition coefficient (Wildman–Crippen LogP) is 2.15. The molecule has 0 aliphatic carbocycles. The molecule has 1 heterocycles. The van der Waals surface area contributed by atoms with E-state index in [0.717, 1.165) is 21.8 Å². The lowest BCUT2D eigenvalue weighted by Crippen LogP contribution is -2.40. The Kier molecular flexibility index (Phi) is 6.71. The number of nitrogens with one attached hydrogen (secondary N) is 1. The summed E-state index contributed by atoms with van der Waals surface area (Å²) >= 11 is 1.12. The molecular formula is C18H20N2O4S. The Bertz CT molecular complexity index is 743. The third-order valence-corrected chi connectivity index (χ3v) is 4.70. The third-order valence-electron chi connectivity index (χ3n) is 3.63. The molecule has 0 aliphatic rings. The van der Waals surface area contributed by atoms with Crippen LogP contribution < -0.4 is 5.32 Å². The van der Waals surface area contributed by atoms with Crippen LogP contribution in [0.1, 0.15) is 27.0 Å². The molecule has 2 N–H and O–H groups in total. The van der Waals surface area contributed by atoms with Crippen molar-refractivity contribution in [2.24, 2.45) is 0 Å². The molecule has 0 atom stereocenters. The molecule has 2 rings (SSSR count). The van der Waals surface area contributed by atoms with Crippen molar-refractivity contribution in [3.63, 3.8) is 0 Å². The van der Waals surface area contributed by atoms with Crippen LogP contribution in [-0.2, 0) is 22.6 Å². The Hall–Kier alpha value is -2.67. The SMILES string of the molecule is CC(=O)N(CCc1ccccc1)CC(=O)NCc1ccc(C(=O)O)s1. The standard InChI is InChI=1S/C18H20N2O4S/c1-13(21)20(10-9-14-5-3-2-4-6-14)12-17(22)19-11-15-7-8-16(25-15)18(23)24/h2-8H,9-12H2,1H3,(H,19,22)(H,23,24). The number of carbonyl (C=O) groups is 3. The lowest BCUT2D eigenvalue weighted by Gasteiger charge is -2.20. The van der Waals surface area contributed by atoms with Crippen molar-refractivity contribution in [3.05, 3.63) is 57.8 Å². The fourth-order valence-corrected chi connectivity index (χ4v) is 3.05. The monoisotopic (exact) mass is 360 g/mol. The summed E-state index contributed by atoms with van der Waals surface area (Å²) < 4.78 is 0. The van der Waals surface area contributed by atoms with E-state index in [2.05, 4.69) is 5.32 Å². The quantitative estimate of drug-likeness (QED) is 0.755. The molecule has 2 aromatic rings. The second-order valence-corrected chi connectivity index (χ2v) is 6.69. The van der Waals surface area contributed by atoms with Crippen molar-refractivity contribution in [1.29, 1.82) is 0 Å². The molecule has 25 heavy (non-hydrogen) atoms. The first-order valence-corrected chi connectivity index (χ1v) is 8.65. The van der Waals surface area contributed by atoms with Crippen LogP contribution in [0.5, 0.6) is 0 Å². The van der Waals surface area contributed by atoms with Crippen molar-refractivity contribution >= 4 is 29.1 Å². The normalized spacial score (nSPS) is 10.3. The average molecular weight is 360 g/mol. The van der Waals surface area contributed by atoms with Crippen LogP contribution >= 0.6 is 11.3 Å². The molecule has 0 fully saturated rings. The second kappa shape index (κ2) is 8.98. The number of benzene rings is 1. The number of carboxylic acid groups (broad SMARTS) is 1. The summed E-state index contributed by atoms with van der Waals surface area (Å²) in [5, 5.41) is 11.6. The number of rotatable bonds is 8. The Morgan fingerprint density at radius 1 is 1.12 bits per heavy atom. The molecule has 6 nitrogen and oxygen atoms in total. The van der Waals surface area contributed by atoms with E-state index in [9.17, 15) is 14.4 Å². The topological polar surface area (TPSA) is 86.7 Å². The lowest BCUT2D eigenvalue weighted by molar-refractivity contribution is -0.134. The van der Waals surface area contributed by atoms with E-state index in [4.69, 9.17) is 5.11 Å². The zero-order chi connectivity index (χ0) is 18.2. The van der Waals surface area contributed by atoms with E-state index in [0.29, 0.717) is 13.0 Å². The highest BCUT2D eigenvalue weighted by atomic mass is 32.1. The summed E-state index contributed by atoms with van der Waals surface area (Å²) in [4.78, 5) is 37.1. The van der Waals surface area contributed by atoms with Gasteiger partial charge in [-0.05, 0) is 24.1 Å². The zero-order valence-electron chi connectivity index (χ0n) is 13.9. The predicted molar refractivity (Wildman–Crippen MR) is 95.5 cm³/mol. The Labute approximate surface area is 150 Å². The largest absolute Gasteiger partial charge is 0.477 e. The van der Waals surface area contributed by atoms with Gasteiger partial charge >= 0.3 is 5.97 Å². The Balaban J connectivity index is 1.82. The molecule has 132 valence electrons. The number of hydrogen-bond donors (Lipinski definition) is 2. The van der Waals surface area contributed by atoms with E-state index in [1.807, 2.05) is 30.3 Å². The molecule has 2 amide bonds. The van der Waals surface area contributed by atoms with Crippen LogP contribution in [0.3, 0.4) is 0 Å². The summed E-state index contributed by atoms with van der Waals surface area (Å²) in [5.41, 5.74) is 1.11. The highest BCUT2D eigenvalue weighted by Gasteiger charge is 2.14. The summed E-state index contributed by atoms with van der Waals surface area (Å²) in [6.45, 7) is 2.14. The maximum absolute atomic E-state index is 12.1. The first-order valence-electron chi connectivity index (χ1n) is 7.84. The Morgan fingerprint density at radius 3 is 2.44 bits per heavy atom. The van der Waals surface area contributed by atoms with E-state index in [1.165, 1.54) is 17.9 Å². The lowest BCUT2D eigenvalue weighted by atomic mass is 10.1. The van der Waals surface area contributed by atoms with Crippen molar-refractivity contribution in [2.75, 3.05) is 13.1 Å². The van der Waals surface area contributed by atoms with Crippen LogP contribution in [0.15, 0.2) is 42.5 Å². The molecule has 1 aromatic heterocycles. The minimum absolute atomic E-state index is 0.0146. The number of carboxylic acids is 1. The summed E-state index contributed by atoms with van der Waals surface area (Å²) in [6.07, 6.45) is 0.681. The van der Waals surface area contributed by atoms with Gasteiger partial charge in [0, 0.05) is 18.3 Å². The smallest absolute Gasteiger partial charge is 0.345 e. The van der Waals surface area contributed by atoms with Gasteiger partial charge in [0.1, 0.15) is 4.88 Å². The third kappa shape index (κ3) is 6.04. The molecule has 7 heteroatoms. The van der Waals surface area contributed by atoms with Crippen molar-refractivity contribution < 1.29 is 19.5 Å². The summed E-state index contributed by atoms with van der Waals surface area (Å²) in [6, 6.07) is 13.0. The van der Waals surface area contributed by atoms with Crippen LogP contribution in [-0.4, -0.2) is 40.9 Å². The fourth-order valence-electron chi connectivity index (χ4n) is 2.26. The molecule has 0 saturated heterocycles. The van der Waals surface area contributed by atoms with Crippen LogP contribution in [0, 0.1) is 0 Å². The van der Waals surface area contributed by atoms with Crippen LogP contribution in [0.2, 0.25) is 0 Å². The highest BCUT2D eigenvalue weighted by Crippen LogP contribution is 2.16. The van der Waals surface area contributed by atoms with E-state index in [-0.39, 0.29) is 29.8 Å².